The van der Waals surface area contributed by atoms with Crippen LogP contribution < -0.4 is 4.90 Å². The van der Waals surface area contributed by atoms with E-state index in [2.05, 4.69) is 48.8 Å². The van der Waals surface area contributed by atoms with Crippen LogP contribution >= 0.6 is 15.9 Å². The second-order valence-corrected chi connectivity index (χ2v) is 14.1. The van der Waals surface area contributed by atoms with Gasteiger partial charge in [0.2, 0.25) is 0 Å². The second-order valence-electron chi connectivity index (χ2n) is 10.5. The van der Waals surface area contributed by atoms with E-state index in [1.165, 1.54) is 18.4 Å². The monoisotopic (exact) mass is 501 g/mol. The van der Waals surface area contributed by atoms with E-state index in [1.807, 2.05) is 38.1 Å². The van der Waals surface area contributed by atoms with Gasteiger partial charge in [-0.1, -0.05) is 54.9 Å². The smallest absolute Gasteiger partial charge is 0.260 e. The molecule has 0 aromatic heterocycles. The zero-order valence-electron chi connectivity index (χ0n) is 19.0. The van der Waals surface area contributed by atoms with Gasteiger partial charge in [0.05, 0.1) is 11.3 Å². The molecule has 0 spiro atoms. The fourth-order valence-corrected chi connectivity index (χ4v) is 6.03. The Labute approximate surface area is 196 Å². The molecule has 1 heterocycles. The third-order valence-corrected chi connectivity index (χ3v) is 8.44. The predicted octanol–water partition coefficient (Wildman–Crippen LogP) is 5.40. The molecule has 2 aliphatic rings. The van der Waals surface area contributed by atoms with E-state index in [0.717, 1.165) is 15.6 Å². The maximum atomic E-state index is 13.6. The number of carbonyl (C=O) groups is 1. The SMILES string of the molecule is CC(C)(C)[SiH2]OC(C)(C)c1c(Br)cccc1N1C(=O)c2ccc(C3CC3)cc2CC1O. The van der Waals surface area contributed by atoms with Crippen LogP contribution in [0.15, 0.2) is 40.9 Å². The first-order valence-electron chi connectivity index (χ1n) is 11.1. The lowest BCUT2D eigenvalue weighted by atomic mass is 9.91. The zero-order valence-corrected chi connectivity index (χ0v) is 22.0. The van der Waals surface area contributed by atoms with E-state index in [1.54, 1.807) is 4.90 Å². The minimum Gasteiger partial charge on any atom is -0.414 e. The maximum Gasteiger partial charge on any atom is 0.260 e. The molecule has 1 aliphatic heterocycles. The van der Waals surface area contributed by atoms with Crippen molar-refractivity contribution in [3.05, 3.63) is 63.1 Å². The molecule has 1 atom stereocenters. The Kier molecular flexibility index (Phi) is 5.96. The van der Waals surface area contributed by atoms with Crippen LogP contribution in [0.2, 0.25) is 5.04 Å². The van der Waals surface area contributed by atoms with Gasteiger partial charge >= 0.3 is 0 Å². The van der Waals surface area contributed by atoms with Crippen molar-refractivity contribution >= 4 is 37.3 Å². The van der Waals surface area contributed by atoms with E-state index in [-0.39, 0.29) is 10.9 Å². The van der Waals surface area contributed by atoms with Crippen LogP contribution in [0.25, 0.3) is 0 Å². The minimum atomic E-state index is -0.904. The van der Waals surface area contributed by atoms with Gasteiger partial charge in [-0.25, -0.2) is 0 Å². The van der Waals surface area contributed by atoms with Crippen LogP contribution in [0.1, 0.15) is 80.4 Å². The zero-order chi connectivity index (χ0) is 22.6. The summed E-state index contributed by atoms with van der Waals surface area (Å²) < 4.78 is 7.35. The molecule has 0 radical (unpaired) electrons. The molecule has 0 saturated heterocycles. The van der Waals surface area contributed by atoms with Gasteiger partial charge in [-0.2, -0.15) is 0 Å². The van der Waals surface area contributed by atoms with E-state index >= 15 is 0 Å². The average Bonchev–Trinajstić information content (AvgIpc) is 3.51. The fourth-order valence-electron chi connectivity index (χ4n) is 4.26. The third kappa shape index (κ3) is 4.68. The Bertz CT molecular complexity index is 1010. The Morgan fingerprint density at radius 2 is 1.84 bits per heavy atom. The Hall–Kier alpha value is -1.47. The maximum absolute atomic E-state index is 13.6. The third-order valence-electron chi connectivity index (χ3n) is 6.05. The molecular formula is C25H32BrNO3Si. The van der Waals surface area contributed by atoms with Crippen molar-refractivity contribution in [2.45, 2.75) is 76.7 Å². The molecule has 4 rings (SSSR count). The standard InChI is InChI=1S/C25H32BrNO3Si/c1-24(2,3)31-30-25(4,5)22-19(26)7-6-8-20(22)27-21(28)14-17-13-16(15-9-10-15)11-12-18(17)23(27)29/h6-8,11-13,15,21,28H,9-10,14,31H2,1-5H3. The molecule has 1 unspecified atom stereocenters. The van der Waals surface area contributed by atoms with E-state index in [0.29, 0.717) is 23.6 Å². The van der Waals surface area contributed by atoms with Crippen molar-refractivity contribution in [3.8, 4) is 0 Å². The molecule has 0 bridgehead atoms. The quantitative estimate of drug-likeness (QED) is 0.557. The molecule has 2 aromatic carbocycles. The normalized spacial score (nSPS) is 19.9. The lowest BCUT2D eigenvalue weighted by Crippen LogP contribution is -2.47. The lowest BCUT2D eigenvalue weighted by Gasteiger charge is -2.39. The van der Waals surface area contributed by atoms with Gasteiger partial charge in [0.25, 0.3) is 5.91 Å². The largest absolute Gasteiger partial charge is 0.414 e. The molecule has 1 aliphatic carbocycles. The second kappa shape index (κ2) is 8.14. The van der Waals surface area contributed by atoms with Crippen LogP contribution in [-0.4, -0.2) is 27.0 Å². The van der Waals surface area contributed by atoms with Crippen LogP contribution in [0, 0.1) is 0 Å². The highest BCUT2D eigenvalue weighted by atomic mass is 79.9. The summed E-state index contributed by atoms with van der Waals surface area (Å²) >= 11 is 3.69. The number of nitrogens with zero attached hydrogens (tertiary/aromatic N) is 1. The molecule has 1 N–H and O–H groups in total. The first-order chi connectivity index (χ1) is 14.5. The highest BCUT2D eigenvalue weighted by molar-refractivity contribution is 9.10. The molecular weight excluding hydrogens is 470 g/mol. The number of anilines is 1. The first-order valence-corrected chi connectivity index (χ1v) is 13.1. The van der Waals surface area contributed by atoms with Gasteiger partial charge in [-0.15, -0.1) is 0 Å². The molecule has 31 heavy (non-hydrogen) atoms. The summed E-state index contributed by atoms with van der Waals surface area (Å²) in [6.07, 6.45) is 1.97. The van der Waals surface area contributed by atoms with Gasteiger partial charge in [0.1, 0.15) is 6.23 Å². The lowest BCUT2D eigenvalue weighted by molar-refractivity contribution is 0.0848. The average molecular weight is 503 g/mol. The number of halogens is 1. The van der Waals surface area contributed by atoms with Gasteiger partial charge in [0, 0.05) is 22.0 Å². The van der Waals surface area contributed by atoms with Gasteiger partial charge in [-0.3, -0.25) is 9.69 Å². The van der Waals surface area contributed by atoms with Gasteiger partial charge in [0.15, 0.2) is 9.76 Å². The summed E-state index contributed by atoms with van der Waals surface area (Å²) in [5, 5.41) is 11.2. The van der Waals surface area contributed by atoms with Crippen molar-refractivity contribution in [1.29, 1.82) is 0 Å². The highest BCUT2D eigenvalue weighted by Crippen LogP contribution is 2.44. The van der Waals surface area contributed by atoms with Gasteiger partial charge < -0.3 is 9.53 Å². The van der Waals surface area contributed by atoms with Crippen molar-refractivity contribution in [3.63, 3.8) is 0 Å². The predicted molar refractivity (Wildman–Crippen MR) is 131 cm³/mol. The van der Waals surface area contributed by atoms with E-state index < -0.39 is 21.6 Å². The summed E-state index contributed by atoms with van der Waals surface area (Å²) in [4.78, 5) is 15.1. The van der Waals surface area contributed by atoms with E-state index in [9.17, 15) is 9.90 Å². The van der Waals surface area contributed by atoms with Crippen LogP contribution in [-0.2, 0) is 16.4 Å². The van der Waals surface area contributed by atoms with Crippen LogP contribution in [0.4, 0.5) is 5.69 Å². The Morgan fingerprint density at radius 1 is 1.13 bits per heavy atom. The molecule has 6 heteroatoms. The number of hydrogen-bond acceptors (Lipinski definition) is 3. The topological polar surface area (TPSA) is 49.8 Å². The Balaban J connectivity index is 1.72. The number of aliphatic hydroxyl groups excluding tert-OH is 1. The number of carbonyl (C=O) groups excluding carboxylic acids is 1. The summed E-state index contributed by atoms with van der Waals surface area (Å²) in [6, 6.07) is 11.9. The summed E-state index contributed by atoms with van der Waals surface area (Å²) in [6.45, 7) is 10.7. The van der Waals surface area contributed by atoms with Crippen molar-refractivity contribution in [1.82, 2.24) is 0 Å². The number of aliphatic hydroxyl groups is 1. The van der Waals surface area contributed by atoms with Crippen LogP contribution in [0.5, 0.6) is 0 Å². The molecule has 4 nitrogen and oxygen atoms in total. The molecule has 1 amide bonds. The van der Waals surface area contributed by atoms with Crippen LogP contribution in [0.3, 0.4) is 0 Å². The van der Waals surface area contributed by atoms with Crippen molar-refractivity contribution in [2.24, 2.45) is 0 Å². The molecule has 1 fully saturated rings. The number of rotatable bonds is 5. The summed E-state index contributed by atoms with van der Waals surface area (Å²) in [7, 11) is -0.826. The van der Waals surface area contributed by atoms with E-state index in [4.69, 9.17) is 4.43 Å². The van der Waals surface area contributed by atoms with Crippen molar-refractivity contribution < 1.29 is 14.3 Å². The van der Waals surface area contributed by atoms with Gasteiger partial charge in [-0.05, 0) is 67.0 Å². The number of hydrogen-bond donors (Lipinski definition) is 1. The summed E-state index contributed by atoms with van der Waals surface area (Å²) in [5.41, 5.74) is 3.94. The van der Waals surface area contributed by atoms with Crippen molar-refractivity contribution in [2.75, 3.05) is 4.90 Å². The number of benzene rings is 2. The fraction of sp³-hybridized carbons (Fsp3) is 0.480. The summed E-state index contributed by atoms with van der Waals surface area (Å²) in [5.74, 6) is 0.469. The molecule has 2 aromatic rings. The Morgan fingerprint density at radius 3 is 2.48 bits per heavy atom. The molecule has 166 valence electrons. The minimum absolute atomic E-state index is 0.150. The number of amides is 1. The first kappa shape index (κ1) is 22.7. The highest BCUT2D eigenvalue weighted by Gasteiger charge is 2.38. The number of fused-ring (bicyclic) bond motifs is 1. The molecule has 1 saturated carbocycles.